The number of ketones is 2. The summed E-state index contributed by atoms with van der Waals surface area (Å²) in [6, 6.07) is 0. The van der Waals surface area contributed by atoms with Gasteiger partial charge in [-0.2, -0.15) is 0 Å². The van der Waals surface area contributed by atoms with Gasteiger partial charge in [-0.25, -0.2) is 0 Å². The molecule has 1 fully saturated rings. The van der Waals surface area contributed by atoms with Crippen molar-refractivity contribution in [2.45, 2.75) is 31.0 Å². The average molecular weight is 209 g/mol. The van der Waals surface area contributed by atoms with Crippen molar-refractivity contribution in [1.29, 1.82) is 0 Å². The molecule has 0 aromatic heterocycles. The second-order valence-corrected chi connectivity index (χ2v) is 5.27. The highest BCUT2D eigenvalue weighted by Gasteiger charge is 2.49. The molecule has 0 bridgehead atoms. The molecule has 0 saturated heterocycles. The van der Waals surface area contributed by atoms with Gasteiger partial charge in [-0.1, -0.05) is 37.0 Å². The molecule has 1 rings (SSSR count). The zero-order chi connectivity index (χ0) is 9.57. The molecular weight excluding hydrogens is 199 g/mol. The maximum atomic E-state index is 11.3. The first kappa shape index (κ1) is 10.0. The van der Waals surface area contributed by atoms with Gasteiger partial charge < -0.3 is 0 Å². The molecule has 0 amide bonds. The van der Waals surface area contributed by atoms with Crippen molar-refractivity contribution in [3.8, 4) is 0 Å². The van der Waals surface area contributed by atoms with E-state index in [-0.39, 0.29) is 29.8 Å². The Morgan fingerprint density at radius 2 is 1.42 bits per heavy atom. The third-order valence-corrected chi connectivity index (χ3v) is 2.82. The maximum Gasteiger partial charge on any atom is 0.233 e. The molecule has 1 aliphatic carbocycles. The van der Waals surface area contributed by atoms with Crippen LogP contribution in [0.25, 0.3) is 0 Å². The van der Waals surface area contributed by atoms with E-state index in [4.69, 9.17) is 23.2 Å². The second kappa shape index (κ2) is 2.71. The van der Waals surface area contributed by atoms with Crippen molar-refractivity contribution < 1.29 is 9.59 Å². The summed E-state index contributed by atoms with van der Waals surface area (Å²) >= 11 is 11.1. The van der Waals surface area contributed by atoms with E-state index in [1.165, 1.54) is 0 Å². The summed E-state index contributed by atoms with van der Waals surface area (Å²) in [5.74, 6) is -0.765. The number of alkyl halides is 2. The molecule has 0 atom stereocenters. The van der Waals surface area contributed by atoms with Crippen LogP contribution in [-0.4, -0.2) is 15.9 Å². The van der Waals surface area contributed by atoms with Gasteiger partial charge in [0.1, 0.15) is 0 Å². The first-order chi connectivity index (χ1) is 5.26. The normalized spacial score (nSPS) is 27.3. The SMILES string of the molecule is CC1(C)CC(=O)C(Cl)(Cl)C(=O)C1. The first-order valence-corrected chi connectivity index (χ1v) is 4.46. The van der Waals surface area contributed by atoms with Crippen molar-refractivity contribution in [2.24, 2.45) is 5.41 Å². The molecule has 68 valence electrons. The Hall–Kier alpha value is -0.0800. The Balaban J connectivity index is 2.93. The Kier molecular flexibility index (Phi) is 2.26. The lowest BCUT2D eigenvalue weighted by atomic mass is 9.76. The molecule has 0 unspecified atom stereocenters. The van der Waals surface area contributed by atoms with Crippen molar-refractivity contribution in [1.82, 2.24) is 0 Å². The average Bonchev–Trinajstić information content (AvgIpc) is 1.82. The minimum atomic E-state index is -1.78. The van der Waals surface area contributed by atoms with Crippen molar-refractivity contribution >= 4 is 34.8 Å². The van der Waals surface area contributed by atoms with Gasteiger partial charge in [0.25, 0.3) is 0 Å². The van der Waals surface area contributed by atoms with E-state index in [9.17, 15) is 9.59 Å². The van der Waals surface area contributed by atoms with Gasteiger partial charge in [0.05, 0.1) is 0 Å². The van der Waals surface area contributed by atoms with Gasteiger partial charge in [0, 0.05) is 12.8 Å². The molecule has 0 N–H and O–H groups in total. The number of hydrogen-bond donors (Lipinski definition) is 0. The van der Waals surface area contributed by atoms with Crippen LogP contribution in [0.1, 0.15) is 26.7 Å². The van der Waals surface area contributed by atoms with E-state index in [0.29, 0.717) is 0 Å². The third-order valence-electron chi connectivity index (χ3n) is 1.98. The minimum Gasteiger partial charge on any atom is -0.296 e. The molecule has 2 nitrogen and oxygen atoms in total. The summed E-state index contributed by atoms with van der Waals surface area (Å²) in [6.07, 6.45) is 0.539. The topological polar surface area (TPSA) is 34.1 Å². The van der Waals surface area contributed by atoms with Gasteiger partial charge in [0.2, 0.25) is 4.33 Å². The van der Waals surface area contributed by atoms with Gasteiger partial charge in [-0.3, -0.25) is 9.59 Å². The van der Waals surface area contributed by atoms with Gasteiger partial charge in [-0.15, -0.1) is 0 Å². The number of carbonyl (C=O) groups excluding carboxylic acids is 2. The predicted octanol–water partition coefficient (Wildman–Crippen LogP) is 2.12. The number of rotatable bonds is 0. The van der Waals surface area contributed by atoms with Gasteiger partial charge in [0.15, 0.2) is 11.6 Å². The van der Waals surface area contributed by atoms with Gasteiger partial charge in [-0.05, 0) is 5.41 Å². The highest BCUT2D eigenvalue weighted by atomic mass is 35.5. The lowest BCUT2D eigenvalue weighted by molar-refractivity contribution is -0.134. The fraction of sp³-hybridized carbons (Fsp3) is 0.750. The molecular formula is C8H10Cl2O2. The fourth-order valence-electron chi connectivity index (χ4n) is 1.31. The molecule has 4 heteroatoms. The predicted molar refractivity (Wildman–Crippen MR) is 47.5 cm³/mol. The molecule has 0 aromatic carbocycles. The largest absolute Gasteiger partial charge is 0.296 e. The van der Waals surface area contributed by atoms with Crippen LogP contribution in [0.2, 0.25) is 0 Å². The Labute approximate surface area is 81.2 Å². The standard InChI is InChI=1S/C8H10Cl2O2/c1-7(2)3-5(11)8(9,10)6(12)4-7/h3-4H2,1-2H3. The highest BCUT2D eigenvalue weighted by molar-refractivity contribution is 6.68. The molecule has 1 saturated carbocycles. The summed E-state index contributed by atoms with van der Waals surface area (Å²) in [5, 5.41) is 0. The smallest absolute Gasteiger partial charge is 0.233 e. The van der Waals surface area contributed by atoms with E-state index in [0.717, 1.165) is 0 Å². The summed E-state index contributed by atoms with van der Waals surface area (Å²) in [5.41, 5.74) is -0.290. The van der Waals surface area contributed by atoms with E-state index in [1.807, 2.05) is 13.8 Å². The first-order valence-electron chi connectivity index (χ1n) is 3.70. The fourth-order valence-corrected chi connectivity index (χ4v) is 1.58. The number of halogens is 2. The van der Waals surface area contributed by atoms with Crippen molar-refractivity contribution in [3.63, 3.8) is 0 Å². The van der Waals surface area contributed by atoms with E-state index < -0.39 is 4.33 Å². The van der Waals surface area contributed by atoms with E-state index >= 15 is 0 Å². The lowest BCUT2D eigenvalue weighted by Crippen LogP contribution is -2.45. The minimum absolute atomic E-state index is 0.270. The molecule has 1 aliphatic rings. The maximum absolute atomic E-state index is 11.3. The summed E-state index contributed by atoms with van der Waals surface area (Å²) in [6.45, 7) is 3.71. The summed E-state index contributed by atoms with van der Waals surface area (Å²) < 4.78 is -1.78. The summed E-state index contributed by atoms with van der Waals surface area (Å²) in [4.78, 5) is 22.5. The van der Waals surface area contributed by atoms with E-state index in [2.05, 4.69) is 0 Å². The highest BCUT2D eigenvalue weighted by Crippen LogP contribution is 2.40. The molecule has 0 spiro atoms. The quantitative estimate of drug-likeness (QED) is 0.452. The van der Waals surface area contributed by atoms with Crippen LogP contribution in [0.5, 0.6) is 0 Å². The molecule has 0 aromatic rings. The van der Waals surface area contributed by atoms with Crippen LogP contribution < -0.4 is 0 Å². The van der Waals surface area contributed by atoms with Crippen molar-refractivity contribution in [3.05, 3.63) is 0 Å². The number of carbonyl (C=O) groups is 2. The van der Waals surface area contributed by atoms with Crippen molar-refractivity contribution in [2.75, 3.05) is 0 Å². The second-order valence-electron chi connectivity index (χ2n) is 3.94. The third kappa shape index (κ3) is 1.64. The molecule has 0 radical (unpaired) electrons. The van der Waals surface area contributed by atoms with Crippen LogP contribution in [0.4, 0.5) is 0 Å². The Morgan fingerprint density at radius 3 is 1.75 bits per heavy atom. The van der Waals surface area contributed by atoms with Gasteiger partial charge >= 0.3 is 0 Å². The zero-order valence-electron chi connectivity index (χ0n) is 6.99. The zero-order valence-corrected chi connectivity index (χ0v) is 8.50. The van der Waals surface area contributed by atoms with Crippen LogP contribution >= 0.6 is 23.2 Å². The monoisotopic (exact) mass is 208 g/mol. The van der Waals surface area contributed by atoms with Crippen LogP contribution in [0.15, 0.2) is 0 Å². The lowest BCUT2D eigenvalue weighted by Gasteiger charge is -2.33. The van der Waals surface area contributed by atoms with E-state index in [1.54, 1.807) is 0 Å². The molecule has 0 heterocycles. The number of Topliss-reactive ketones (excluding diaryl/α,β-unsaturated/α-hetero) is 2. The van der Waals surface area contributed by atoms with Crippen LogP contribution in [-0.2, 0) is 9.59 Å². The molecule has 12 heavy (non-hydrogen) atoms. The Morgan fingerprint density at radius 1 is 1.08 bits per heavy atom. The van der Waals surface area contributed by atoms with Crippen LogP contribution in [0.3, 0.4) is 0 Å². The Bertz CT molecular complexity index is 221. The number of hydrogen-bond acceptors (Lipinski definition) is 2. The summed E-state index contributed by atoms with van der Waals surface area (Å²) in [7, 11) is 0. The van der Waals surface area contributed by atoms with Crippen LogP contribution in [0, 0.1) is 5.41 Å². The molecule has 0 aliphatic heterocycles.